The third-order valence-corrected chi connectivity index (χ3v) is 10.5. The van der Waals surface area contributed by atoms with E-state index in [2.05, 4.69) is 68.5 Å². The molecule has 1 aliphatic rings. The smallest absolute Gasteiger partial charge is 0.229 e. The number of aromatic nitrogens is 6. The fraction of sp³-hybridized carbons (Fsp3) is 0.382. The number of aryl methyl sites for hydroxylation is 1. The SMILES string of the molecule is COc1cc(C2CCN(C(C)(C)C)CC2)c(-c2cnn(C)c2)cc1Nc1ncc(Cl)c(Nc2ccc3nccnc3c2P(C)(C)=O)n1. The zero-order valence-corrected chi connectivity index (χ0v) is 29.5. The van der Waals surface area contributed by atoms with Crippen LogP contribution in [0.1, 0.15) is 45.1 Å². The van der Waals surface area contributed by atoms with E-state index < -0.39 is 7.14 Å². The van der Waals surface area contributed by atoms with Crippen molar-refractivity contribution in [1.82, 2.24) is 34.6 Å². The molecule has 2 aromatic carbocycles. The van der Waals surface area contributed by atoms with E-state index in [0.717, 1.165) is 37.1 Å². The van der Waals surface area contributed by atoms with Gasteiger partial charge in [-0.1, -0.05) is 11.6 Å². The summed E-state index contributed by atoms with van der Waals surface area (Å²) in [6.07, 6.45) is 10.8. The molecule has 4 heterocycles. The minimum atomic E-state index is -2.79. The molecule has 0 unspecified atom stereocenters. The molecular weight excluding hydrogens is 633 g/mol. The van der Waals surface area contributed by atoms with Crippen molar-refractivity contribution in [2.45, 2.75) is 45.1 Å². The Labute approximate surface area is 280 Å². The molecule has 1 aliphatic heterocycles. The second-order valence-electron chi connectivity index (χ2n) is 13.4. The number of methoxy groups -OCH3 is 1. The first-order valence-corrected chi connectivity index (χ1v) is 18.6. The highest BCUT2D eigenvalue weighted by Gasteiger charge is 2.30. The Morgan fingerprint density at radius 1 is 1.00 bits per heavy atom. The number of nitrogens with one attached hydrogen (secondary N) is 2. The van der Waals surface area contributed by atoms with Gasteiger partial charge in [-0.15, -0.1) is 0 Å². The van der Waals surface area contributed by atoms with Gasteiger partial charge in [0.2, 0.25) is 5.95 Å². The molecule has 11 nitrogen and oxygen atoms in total. The van der Waals surface area contributed by atoms with E-state index >= 15 is 0 Å². The number of hydrogen-bond acceptors (Lipinski definition) is 10. The van der Waals surface area contributed by atoms with Gasteiger partial charge in [0.1, 0.15) is 23.4 Å². The van der Waals surface area contributed by atoms with Gasteiger partial charge in [0, 0.05) is 36.7 Å². The minimum Gasteiger partial charge on any atom is -0.495 e. The monoisotopic (exact) mass is 673 g/mol. The average Bonchev–Trinajstić information content (AvgIpc) is 3.47. The van der Waals surface area contributed by atoms with E-state index in [9.17, 15) is 4.57 Å². The van der Waals surface area contributed by atoms with Crippen LogP contribution in [-0.2, 0) is 11.6 Å². The van der Waals surface area contributed by atoms with Gasteiger partial charge < -0.3 is 19.9 Å². The number of likely N-dealkylation sites (tertiary alicyclic amines) is 1. The first-order valence-electron chi connectivity index (χ1n) is 15.6. The number of halogens is 1. The number of rotatable bonds is 8. The van der Waals surface area contributed by atoms with Crippen LogP contribution in [0, 0.1) is 0 Å². The Hall–Kier alpha value is -4.05. The third-order valence-electron chi connectivity index (χ3n) is 8.67. The van der Waals surface area contributed by atoms with E-state index in [4.69, 9.17) is 21.3 Å². The Bertz CT molecular complexity index is 1980. The molecule has 5 aromatic rings. The number of fused-ring (bicyclic) bond motifs is 1. The molecule has 0 radical (unpaired) electrons. The van der Waals surface area contributed by atoms with Crippen molar-refractivity contribution in [1.29, 1.82) is 0 Å². The Morgan fingerprint density at radius 3 is 2.40 bits per heavy atom. The van der Waals surface area contributed by atoms with Crippen LogP contribution in [0.4, 0.5) is 23.1 Å². The lowest BCUT2D eigenvalue weighted by molar-refractivity contribution is 0.102. The van der Waals surface area contributed by atoms with Crippen LogP contribution in [-0.4, -0.2) is 73.7 Å². The molecule has 1 saturated heterocycles. The molecule has 0 aliphatic carbocycles. The summed E-state index contributed by atoms with van der Waals surface area (Å²) in [6, 6.07) is 7.89. The molecule has 6 rings (SSSR count). The average molecular weight is 674 g/mol. The van der Waals surface area contributed by atoms with Crippen LogP contribution < -0.4 is 20.7 Å². The van der Waals surface area contributed by atoms with Gasteiger partial charge in [-0.2, -0.15) is 10.1 Å². The van der Waals surface area contributed by atoms with Crippen LogP contribution in [0.15, 0.2) is 55.2 Å². The predicted molar refractivity (Wildman–Crippen MR) is 191 cm³/mol. The minimum absolute atomic E-state index is 0.144. The van der Waals surface area contributed by atoms with E-state index in [0.29, 0.717) is 56.2 Å². The van der Waals surface area contributed by atoms with Gasteiger partial charge in [0.25, 0.3) is 0 Å². The van der Waals surface area contributed by atoms with Gasteiger partial charge in [0.05, 0.1) is 41.7 Å². The molecule has 0 atom stereocenters. The fourth-order valence-corrected chi connectivity index (χ4v) is 7.83. The molecule has 13 heteroatoms. The van der Waals surface area contributed by atoms with Gasteiger partial charge >= 0.3 is 0 Å². The Balaban J connectivity index is 1.35. The van der Waals surface area contributed by atoms with E-state index in [-0.39, 0.29) is 5.54 Å². The highest BCUT2D eigenvalue weighted by Crippen LogP contribution is 2.43. The van der Waals surface area contributed by atoms with Crippen molar-refractivity contribution in [2.24, 2.45) is 7.05 Å². The maximum absolute atomic E-state index is 13.4. The Kier molecular flexibility index (Phi) is 9.00. The van der Waals surface area contributed by atoms with E-state index in [1.54, 1.807) is 32.8 Å². The van der Waals surface area contributed by atoms with Gasteiger partial charge in [-0.05, 0) is 101 Å². The number of benzene rings is 2. The summed E-state index contributed by atoms with van der Waals surface area (Å²) in [7, 11) is 0.809. The summed E-state index contributed by atoms with van der Waals surface area (Å²) >= 11 is 6.60. The van der Waals surface area contributed by atoms with Crippen molar-refractivity contribution < 1.29 is 9.30 Å². The van der Waals surface area contributed by atoms with E-state index in [1.807, 2.05) is 36.3 Å². The lowest BCUT2D eigenvalue weighted by Gasteiger charge is -2.41. The zero-order chi connectivity index (χ0) is 33.5. The van der Waals surface area contributed by atoms with Crippen molar-refractivity contribution in [3.8, 4) is 16.9 Å². The summed E-state index contributed by atoms with van der Waals surface area (Å²) in [5.74, 6) is 1.74. The predicted octanol–water partition coefficient (Wildman–Crippen LogP) is 7.20. The Morgan fingerprint density at radius 2 is 1.74 bits per heavy atom. The summed E-state index contributed by atoms with van der Waals surface area (Å²) in [4.78, 5) is 20.6. The van der Waals surface area contributed by atoms with Gasteiger partial charge in [0.15, 0.2) is 5.82 Å². The third kappa shape index (κ3) is 6.98. The largest absolute Gasteiger partial charge is 0.495 e. The molecule has 47 heavy (non-hydrogen) atoms. The highest BCUT2D eigenvalue weighted by molar-refractivity contribution is 7.71. The van der Waals surface area contributed by atoms with Crippen LogP contribution in [0.3, 0.4) is 0 Å². The lowest BCUT2D eigenvalue weighted by atomic mass is 9.83. The normalized spacial score (nSPS) is 14.8. The molecule has 2 N–H and O–H groups in total. The molecule has 1 fully saturated rings. The van der Waals surface area contributed by atoms with Crippen molar-refractivity contribution in [2.75, 3.05) is 44.2 Å². The summed E-state index contributed by atoms with van der Waals surface area (Å²) < 4.78 is 21.2. The second kappa shape index (κ2) is 12.9. The number of nitrogens with zero attached hydrogens (tertiary/aromatic N) is 7. The molecule has 246 valence electrons. The number of anilines is 4. The second-order valence-corrected chi connectivity index (χ2v) is 16.9. The van der Waals surface area contributed by atoms with Crippen LogP contribution in [0.25, 0.3) is 22.2 Å². The molecule has 0 saturated carbocycles. The van der Waals surface area contributed by atoms with Crippen molar-refractivity contribution in [3.05, 3.63) is 65.8 Å². The molecular formula is C34H41ClN9O2P. The first-order chi connectivity index (χ1) is 22.3. The molecule has 3 aromatic heterocycles. The first kappa shape index (κ1) is 32.9. The summed E-state index contributed by atoms with van der Waals surface area (Å²) in [5.41, 5.74) is 6.04. The number of hydrogen-bond donors (Lipinski definition) is 2. The molecule has 0 amide bonds. The quantitative estimate of drug-likeness (QED) is 0.164. The summed E-state index contributed by atoms with van der Waals surface area (Å²) in [5, 5.41) is 12.0. The number of piperidine rings is 1. The van der Waals surface area contributed by atoms with Gasteiger partial charge in [-0.3, -0.25) is 19.5 Å². The van der Waals surface area contributed by atoms with Crippen LogP contribution >= 0.6 is 18.7 Å². The van der Waals surface area contributed by atoms with E-state index in [1.165, 1.54) is 11.8 Å². The van der Waals surface area contributed by atoms with Gasteiger partial charge in [-0.25, -0.2) is 4.98 Å². The standard InChI is InChI=1S/C34H41ClN9O2P/c1-34(2,3)44-14-10-21(11-15-44)24-17-29(46-5)28(16-23(24)22-18-39-43(4)20-22)41-33-38-19-25(35)32(42-33)40-27-9-8-26-30(37-13-12-36-26)31(27)47(6,7)45/h8-9,12-13,16-21H,10-11,14-15H2,1-7H3,(H2,38,40,41,42). The van der Waals surface area contributed by atoms with Crippen molar-refractivity contribution >= 4 is 58.2 Å². The lowest BCUT2D eigenvalue weighted by Crippen LogP contribution is -2.45. The van der Waals surface area contributed by atoms with Crippen LogP contribution in [0.2, 0.25) is 5.02 Å². The fourth-order valence-electron chi connectivity index (χ4n) is 6.30. The zero-order valence-electron chi connectivity index (χ0n) is 27.9. The molecule has 0 bridgehead atoms. The summed E-state index contributed by atoms with van der Waals surface area (Å²) in [6.45, 7) is 12.3. The highest BCUT2D eigenvalue weighted by atomic mass is 35.5. The number of ether oxygens (including phenoxy) is 1. The van der Waals surface area contributed by atoms with Crippen molar-refractivity contribution in [3.63, 3.8) is 0 Å². The maximum Gasteiger partial charge on any atom is 0.229 e. The topological polar surface area (TPSA) is 123 Å². The molecule has 0 spiro atoms. The van der Waals surface area contributed by atoms with Crippen LogP contribution in [0.5, 0.6) is 5.75 Å². The maximum atomic E-state index is 13.4.